The first-order valence-corrected chi connectivity index (χ1v) is 7.09. The lowest BCUT2D eigenvalue weighted by molar-refractivity contribution is -0.289. The van der Waals surface area contributed by atoms with Crippen molar-refractivity contribution in [3.8, 4) is 0 Å². The smallest absolute Gasteiger partial charge is 0.338 e. The molecule has 2 atom stereocenters. The summed E-state index contributed by atoms with van der Waals surface area (Å²) < 4.78 is 5.48. The molecule has 0 aliphatic carbocycles. The van der Waals surface area contributed by atoms with E-state index in [1.807, 2.05) is 19.9 Å². The first-order chi connectivity index (χ1) is 9.66. The summed E-state index contributed by atoms with van der Waals surface area (Å²) >= 11 is 0. The molecule has 0 bridgehead atoms. The number of carbonyl (C=O) groups is 1. The number of ether oxygens (including phenoxy) is 1. The lowest BCUT2D eigenvalue weighted by Gasteiger charge is -2.53. The Labute approximate surface area is 125 Å². The van der Waals surface area contributed by atoms with E-state index in [0.29, 0.717) is 12.0 Å². The van der Waals surface area contributed by atoms with Crippen molar-refractivity contribution in [2.75, 3.05) is 0 Å². The van der Waals surface area contributed by atoms with E-state index in [1.165, 1.54) is 0 Å². The minimum atomic E-state index is -0.969. The fraction of sp³-hybridized carbons (Fsp3) is 0.562. The van der Waals surface area contributed by atoms with Crippen molar-refractivity contribution in [3.63, 3.8) is 0 Å². The molecule has 1 saturated heterocycles. The first-order valence-electron chi connectivity index (χ1n) is 7.09. The van der Waals surface area contributed by atoms with Crippen LogP contribution in [0.3, 0.4) is 0 Å². The molecular weight excluding hydrogens is 270 g/mol. The molecule has 1 fully saturated rings. The zero-order valence-electron chi connectivity index (χ0n) is 12.9. The van der Waals surface area contributed by atoms with Crippen LogP contribution in [0.4, 0.5) is 0 Å². The Morgan fingerprint density at radius 2 is 1.81 bits per heavy atom. The van der Waals surface area contributed by atoms with E-state index in [2.05, 4.69) is 0 Å². The SMILES string of the molecule is CC1(C)CC(OC(=O)c2ccccc2)C(O)C(C)(C)N1O. The molecule has 0 saturated carbocycles. The second kappa shape index (κ2) is 5.40. The minimum Gasteiger partial charge on any atom is -0.456 e. The summed E-state index contributed by atoms with van der Waals surface area (Å²) in [5.74, 6) is -0.461. The van der Waals surface area contributed by atoms with Gasteiger partial charge in [0.15, 0.2) is 0 Å². The van der Waals surface area contributed by atoms with Gasteiger partial charge >= 0.3 is 5.97 Å². The van der Waals surface area contributed by atoms with E-state index < -0.39 is 29.3 Å². The number of rotatable bonds is 2. The molecule has 2 N–H and O–H groups in total. The zero-order valence-corrected chi connectivity index (χ0v) is 12.9. The average molecular weight is 293 g/mol. The van der Waals surface area contributed by atoms with Crippen LogP contribution < -0.4 is 0 Å². The monoisotopic (exact) mass is 293 g/mol. The summed E-state index contributed by atoms with van der Waals surface area (Å²) in [6, 6.07) is 8.69. The molecular formula is C16H23NO4. The van der Waals surface area contributed by atoms with Gasteiger partial charge in [-0.05, 0) is 39.8 Å². The van der Waals surface area contributed by atoms with Gasteiger partial charge < -0.3 is 15.1 Å². The number of hydrogen-bond donors (Lipinski definition) is 2. The Kier molecular flexibility index (Phi) is 4.10. The quantitative estimate of drug-likeness (QED) is 0.818. The van der Waals surface area contributed by atoms with E-state index in [-0.39, 0.29) is 0 Å². The molecule has 2 rings (SSSR count). The summed E-state index contributed by atoms with van der Waals surface area (Å²) in [6.45, 7) is 7.15. The topological polar surface area (TPSA) is 70.0 Å². The van der Waals surface area contributed by atoms with Crippen LogP contribution in [0.5, 0.6) is 0 Å². The molecule has 116 valence electrons. The van der Waals surface area contributed by atoms with Gasteiger partial charge in [0, 0.05) is 12.0 Å². The summed E-state index contributed by atoms with van der Waals surface area (Å²) in [5.41, 5.74) is -1.04. The summed E-state index contributed by atoms with van der Waals surface area (Å²) in [7, 11) is 0. The number of esters is 1. The molecule has 5 nitrogen and oxygen atoms in total. The fourth-order valence-corrected chi connectivity index (χ4v) is 2.94. The normalized spacial score (nSPS) is 28.1. The number of aliphatic hydroxyl groups excluding tert-OH is 1. The lowest BCUT2D eigenvalue weighted by atomic mass is 9.78. The number of hydrogen-bond acceptors (Lipinski definition) is 5. The molecule has 0 aromatic heterocycles. The molecule has 21 heavy (non-hydrogen) atoms. The van der Waals surface area contributed by atoms with Gasteiger partial charge in [0.05, 0.1) is 11.1 Å². The minimum absolute atomic E-state index is 0.354. The van der Waals surface area contributed by atoms with Gasteiger partial charge in [-0.25, -0.2) is 4.79 Å². The largest absolute Gasteiger partial charge is 0.456 e. The highest BCUT2D eigenvalue weighted by atomic mass is 16.6. The summed E-state index contributed by atoms with van der Waals surface area (Å²) in [5, 5.41) is 21.8. The standard InChI is InChI=1S/C16H23NO4/c1-15(2)10-12(13(18)16(3,4)17(15)20)21-14(19)11-8-6-5-7-9-11/h5-9,12-13,18,20H,10H2,1-4H3. The Hall–Kier alpha value is -1.43. The van der Waals surface area contributed by atoms with Gasteiger partial charge in [-0.2, -0.15) is 5.06 Å². The van der Waals surface area contributed by atoms with E-state index in [9.17, 15) is 15.1 Å². The zero-order chi connectivity index (χ0) is 15.8. The number of aliphatic hydroxyl groups is 1. The van der Waals surface area contributed by atoms with Crippen LogP contribution in [0.1, 0.15) is 44.5 Å². The molecule has 5 heteroatoms. The molecule has 1 heterocycles. The molecule has 0 amide bonds. The third-order valence-electron chi connectivity index (χ3n) is 4.16. The van der Waals surface area contributed by atoms with E-state index in [1.54, 1.807) is 38.1 Å². The van der Waals surface area contributed by atoms with Crippen molar-refractivity contribution in [1.82, 2.24) is 5.06 Å². The number of piperidine rings is 1. The van der Waals surface area contributed by atoms with Crippen LogP contribution in [0.25, 0.3) is 0 Å². The van der Waals surface area contributed by atoms with Crippen LogP contribution in [0.15, 0.2) is 30.3 Å². The highest BCUT2D eigenvalue weighted by Gasteiger charge is 2.52. The van der Waals surface area contributed by atoms with Crippen LogP contribution in [-0.2, 0) is 4.74 Å². The Morgan fingerprint density at radius 3 is 2.38 bits per heavy atom. The maximum absolute atomic E-state index is 12.2. The molecule has 1 aliphatic rings. The molecule has 0 spiro atoms. The maximum atomic E-state index is 12.2. The third kappa shape index (κ3) is 2.95. The molecule has 1 aliphatic heterocycles. The van der Waals surface area contributed by atoms with Crippen LogP contribution in [0, 0.1) is 0 Å². The van der Waals surface area contributed by atoms with E-state index in [4.69, 9.17) is 4.74 Å². The maximum Gasteiger partial charge on any atom is 0.338 e. The molecule has 1 aromatic carbocycles. The lowest BCUT2D eigenvalue weighted by Crippen LogP contribution is -2.68. The van der Waals surface area contributed by atoms with Gasteiger partial charge in [0.1, 0.15) is 12.2 Å². The molecule has 1 aromatic rings. The Morgan fingerprint density at radius 1 is 1.24 bits per heavy atom. The van der Waals surface area contributed by atoms with Gasteiger partial charge in [0.2, 0.25) is 0 Å². The van der Waals surface area contributed by atoms with Crippen LogP contribution in [-0.4, -0.2) is 44.6 Å². The van der Waals surface area contributed by atoms with Gasteiger partial charge in [-0.1, -0.05) is 18.2 Å². The number of carbonyl (C=O) groups excluding carboxylic acids is 1. The van der Waals surface area contributed by atoms with E-state index >= 15 is 0 Å². The predicted octanol–water partition coefficient (Wildman–Crippen LogP) is 2.22. The second-order valence-corrected chi connectivity index (χ2v) is 6.74. The van der Waals surface area contributed by atoms with Crippen molar-refractivity contribution in [1.29, 1.82) is 0 Å². The predicted molar refractivity (Wildman–Crippen MR) is 78.1 cm³/mol. The van der Waals surface area contributed by atoms with Gasteiger partial charge in [0.25, 0.3) is 0 Å². The molecule has 0 radical (unpaired) electrons. The molecule has 2 unspecified atom stereocenters. The number of nitrogens with zero attached hydrogens (tertiary/aromatic N) is 1. The van der Waals surface area contributed by atoms with Crippen molar-refractivity contribution in [2.24, 2.45) is 0 Å². The highest BCUT2D eigenvalue weighted by Crippen LogP contribution is 2.38. The first kappa shape index (κ1) is 15.9. The average Bonchev–Trinajstić information content (AvgIpc) is 2.44. The highest BCUT2D eigenvalue weighted by molar-refractivity contribution is 5.89. The van der Waals surface area contributed by atoms with Crippen LogP contribution >= 0.6 is 0 Å². The Balaban J connectivity index is 2.18. The van der Waals surface area contributed by atoms with E-state index in [0.717, 1.165) is 5.06 Å². The Bertz CT molecular complexity index is 512. The van der Waals surface area contributed by atoms with Crippen molar-refractivity contribution < 1.29 is 19.8 Å². The number of benzene rings is 1. The fourth-order valence-electron chi connectivity index (χ4n) is 2.94. The summed E-state index contributed by atoms with van der Waals surface area (Å²) in [4.78, 5) is 12.2. The third-order valence-corrected chi connectivity index (χ3v) is 4.16. The summed E-state index contributed by atoms with van der Waals surface area (Å²) in [6.07, 6.45) is -1.28. The van der Waals surface area contributed by atoms with Crippen molar-refractivity contribution >= 4 is 5.97 Å². The van der Waals surface area contributed by atoms with Crippen LogP contribution in [0.2, 0.25) is 0 Å². The van der Waals surface area contributed by atoms with Crippen molar-refractivity contribution in [3.05, 3.63) is 35.9 Å². The number of hydroxylamine groups is 2. The van der Waals surface area contributed by atoms with Gasteiger partial charge in [-0.15, -0.1) is 0 Å². The van der Waals surface area contributed by atoms with Gasteiger partial charge in [-0.3, -0.25) is 0 Å². The van der Waals surface area contributed by atoms with Crippen molar-refractivity contribution in [2.45, 2.75) is 57.4 Å². The second-order valence-electron chi connectivity index (χ2n) is 6.74.